The number of piperazine rings is 1. The summed E-state index contributed by atoms with van der Waals surface area (Å²) in [6, 6.07) is 6.06. The zero-order chi connectivity index (χ0) is 19.4. The van der Waals surface area contributed by atoms with E-state index in [0.717, 1.165) is 52.1 Å². The number of piperidine rings is 1. The highest BCUT2D eigenvalue weighted by atomic mass is 16.5. The lowest BCUT2D eigenvalue weighted by Crippen LogP contribution is -2.52. The second-order valence-electron chi connectivity index (χ2n) is 7.75. The predicted molar refractivity (Wildman–Crippen MR) is 107 cm³/mol. The van der Waals surface area contributed by atoms with Gasteiger partial charge in [0.05, 0.1) is 14.2 Å². The van der Waals surface area contributed by atoms with Crippen LogP contribution in [-0.4, -0.2) is 87.2 Å². The molecule has 3 rings (SSSR count). The number of nitrogens with zero attached hydrogens (tertiary/aromatic N) is 3. The number of methoxy groups -OCH3 is 2. The van der Waals surface area contributed by atoms with E-state index in [1.54, 1.807) is 14.2 Å². The molecule has 2 aliphatic heterocycles. The number of hydrogen-bond acceptors (Lipinski definition) is 5. The molecule has 1 amide bonds. The molecule has 1 aromatic rings. The minimum absolute atomic E-state index is 0.00926. The minimum Gasteiger partial charge on any atom is -0.496 e. The van der Waals surface area contributed by atoms with Gasteiger partial charge in [0.15, 0.2) is 0 Å². The maximum atomic E-state index is 13.1. The molecule has 0 aromatic heterocycles. The Kier molecular flexibility index (Phi) is 6.60. The molecular weight excluding hydrogens is 342 g/mol. The van der Waals surface area contributed by atoms with Crippen molar-refractivity contribution in [2.24, 2.45) is 5.92 Å². The van der Waals surface area contributed by atoms with Crippen LogP contribution in [0, 0.1) is 5.92 Å². The third-order valence-electron chi connectivity index (χ3n) is 6.26. The summed E-state index contributed by atoms with van der Waals surface area (Å²) in [4.78, 5) is 20.1. The third-order valence-corrected chi connectivity index (χ3v) is 6.26. The first-order valence-corrected chi connectivity index (χ1v) is 9.98. The normalized spacial score (nSPS) is 21.1. The number of likely N-dealkylation sites (N-methyl/N-ethyl adjacent to an activating group) is 1. The molecule has 0 saturated carbocycles. The first-order valence-electron chi connectivity index (χ1n) is 9.98. The Bertz CT molecular complexity index is 613. The van der Waals surface area contributed by atoms with Crippen molar-refractivity contribution in [1.29, 1.82) is 0 Å². The lowest BCUT2D eigenvalue weighted by atomic mass is 9.88. The molecule has 2 aliphatic rings. The average Bonchev–Trinajstić information content (AvgIpc) is 2.72. The molecule has 0 unspecified atom stereocenters. The van der Waals surface area contributed by atoms with Crippen LogP contribution in [0.15, 0.2) is 18.2 Å². The van der Waals surface area contributed by atoms with Crippen LogP contribution in [0.3, 0.4) is 0 Å². The molecule has 6 nitrogen and oxygen atoms in total. The van der Waals surface area contributed by atoms with E-state index >= 15 is 0 Å². The summed E-state index contributed by atoms with van der Waals surface area (Å²) < 4.78 is 10.8. The molecule has 0 bridgehead atoms. The number of rotatable bonds is 5. The Balaban J connectivity index is 1.61. The van der Waals surface area contributed by atoms with Gasteiger partial charge < -0.3 is 19.3 Å². The van der Waals surface area contributed by atoms with Gasteiger partial charge in [-0.15, -0.1) is 0 Å². The molecule has 1 atom stereocenters. The summed E-state index contributed by atoms with van der Waals surface area (Å²) >= 11 is 0. The summed E-state index contributed by atoms with van der Waals surface area (Å²) in [6.45, 7) is 8.54. The van der Waals surface area contributed by atoms with Gasteiger partial charge in [-0.05, 0) is 44.9 Å². The van der Waals surface area contributed by atoms with E-state index in [0.29, 0.717) is 29.0 Å². The SMILES string of the molecule is COc1cccc(OC)c1C(=O)N1CCC([C@H](C)N2CCN(C)CC2)CC1. The monoisotopic (exact) mass is 375 g/mol. The van der Waals surface area contributed by atoms with Crippen LogP contribution in [0.5, 0.6) is 11.5 Å². The second-order valence-corrected chi connectivity index (χ2v) is 7.75. The zero-order valence-electron chi connectivity index (χ0n) is 17.1. The lowest BCUT2D eigenvalue weighted by molar-refractivity contribution is 0.0496. The molecule has 27 heavy (non-hydrogen) atoms. The molecular formula is C21H33N3O3. The van der Waals surface area contributed by atoms with Crippen molar-refractivity contribution in [3.05, 3.63) is 23.8 Å². The Morgan fingerprint density at radius 2 is 1.56 bits per heavy atom. The van der Waals surface area contributed by atoms with Crippen LogP contribution < -0.4 is 9.47 Å². The highest BCUT2D eigenvalue weighted by Gasteiger charge is 2.32. The number of ether oxygens (including phenoxy) is 2. The van der Waals surface area contributed by atoms with Gasteiger partial charge in [-0.2, -0.15) is 0 Å². The van der Waals surface area contributed by atoms with E-state index in [-0.39, 0.29) is 5.91 Å². The Hall–Kier alpha value is -1.79. The summed E-state index contributed by atoms with van der Waals surface area (Å²) in [7, 11) is 5.38. The van der Waals surface area contributed by atoms with Gasteiger partial charge in [-0.1, -0.05) is 6.07 Å². The van der Waals surface area contributed by atoms with Crippen molar-refractivity contribution in [3.8, 4) is 11.5 Å². The second kappa shape index (κ2) is 8.93. The molecule has 0 spiro atoms. The fourth-order valence-corrected chi connectivity index (χ4v) is 4.33. The van der Waals surface area contributed by atoms with Gasteiger partial charge >= 0.3 is 0 Å². The number of carbonyl (C=O) groups is 1. The standard InChI is InChI=1S/C21H33N3O3/c1-16(23-14-12-22(2)13-15-23)17-8-10-24(11-9-17)21(25)20-18(26-3)6-5-7-19(20)27-4/h5-7,16-17H,8-15H2,1-4H3/t16-/m0/s1. The topological polar surface area (TPSA) is 45.3 Å². The third kappa shape index (κ3) is 4.38. The summed E-state index contributed by atoms with van der Waals surface area (Å²) in [6.07, 6.45) is 2.10. The van der Waals surface area contributed by atoms with E-state index in [4.69, 9.17) is 9.47 Å². The van der Waals surface area contributed by atoms with Crippen molar-refractivity contribution in [3.63, 3.8) is 0 Å². The fourth-order valence-electron chi connectivity index (χ4n) is 4.33. The molecule has 0 aliphatic carbocycles. The largest absolute Gasteiger partial charge is 0.496 e. The van der Waals surface area contributed by atoms with E-state index in [1.807, 2.05) is 23.1 Å². The van der Waals surface area contributed by atoms with Crippen molar-refractivity contribution in [2.45, 2.75) is 25.8 Å². The van der Waals surface area contributed by atoms with Gasteiger partial charge in [0.2, 0.25) is 0 Å². The zero-order valence-corrected chi connectivity index (χ0v) is 17.1. The highest BCUT2D eigenvalue weighted by molar-refractivity contribution is 5.99. The lowest BCUT2D eigenvalue weighted by Gasteiger charge is -2.42. The molecule has 2 heterocycles. The van der Waals surface area contributed by atoms with Crippen LogP contribution in [-0.2, 0) is 0 Å². The van der Waals surface area contributed by atoms with Crippen molar-refractivity contribution < 1.29 is 14.3 Å². The highest BCUT2D eigenvalue weighted by Crippen LogP contribution is 2.32. The number of likely N-dealkylation sites (tertiary alicyclic amines) is 1. The maximum Gasteiger partial charge on any atom is 0.261 e. The number of carbonyl (C=O) groups excluding carboxylic acids is 1. The van der Waals surface area contributed by atoms with Gasteiger partial charge in [-0.3, -0.25) is 9.69 Å². The van der Waals surface area contributed by atoms with Gasteiger partial charge in [-0.25, -0.2) is 0 Å². The first kappa shape index (κ1) is 20.0. The van der Waals surface area contributed by atoms with Gasteiger partial charge in [0.25, 0.3) is 5.91 Å². The van der Waals surface area contributed by atoms with E-state index in [9.17, 15) is 4.79 Å². The van der Waals surface area contributed by atoms with Crippen LogP contribution in [0.4, 0.5) is 0 Å². The first-order chi connectivity index (χ1) is 13.0. The Labute approximate surface area is 163 Å². The van der Waals surface area contributed by atoms with E-state index < -0.39 is 0 Å². The van der Waals surface area contributed by atoms with E-state index in [2.05, 4.69) is 23.8 Å². The molecule has 6 heteroatoms. The molecule has 0 N–H and O–H groups in total. The number of benzene rings is 1. The fraction of sp³-hybridized carbons (Fsp3) is 0.667. The summed E-state index contributed by atoms with van der Waals surface area (Å²) in [5.74, 6) is 1.81. The quantitative estimate of drug-likeness (QED) is 0.789. The molecule has 150 valence electrons. The van der Waals surface area contributed by atoms with E-state index in [1.165, 1.54) is 0 Å². The Morgan fingerprint density at radius 1 is 1.00 bits per heavy atom. The van der Waals surface area contributed by atoms with Crippen molar-refractivity contribution >= 4 is 5.91 Å². The van der Waals surface area contributed by atoms with Crippen LogP contribution in [0.25, 0.3) is 0 Å². The Morgan fingerprint density at radius 3 is 2.07 bits per heavy atom. The van der Waals surface area contributed by atoms with Crippen LogP contribution in [0.2, 0.25) is 0 Å². The number of hydrogen-bond donors (Lipinski definition) is 0. The molecule has 2 fully saturated rings. The van der Waals surface area contributed by atoms with Crippen LogP contribution in [0.1, 0.15) is 30.1 Å². The average molecular weight is 376 g/mol. The molecule has 2 saturated heterocycles. The summed E-state index contributed by atoms with van der Waals surface area (Å²) in [5.41, 5.74) is 0.535. The van der Waals surface area contributed by atoms with Crippen molar-refractivity contribution in [1.82, 2.24) is 14.7 Å². The van der Waals surface area contributed by atoms with Gasteiger partial charge in [0.1, 0.15) is 17.1 Å². The van der Waals surface area contributed by atoms with Gasteiger partial charge in [0, 0.05) is 45.3 Å². The minimum atomic E-state index is 0.00926. The maximum absolute atomic E-state index is 13.1. The molecule has 1 aromatic carbocycles. The van der Waals surface area contributed by atoms with Crippen LogP contribution >= 0.6 is 0 Å². The predicted octanol–water partition coefficient (Wildman–Crippen LogP) is 2.19. The van der Waals surface area contributed by atoms with Crippen molar-refractivity contribution in [2.75, 3.05) is 60.5 Å². The number of amides is 1. The smallest absolute Gasteiger partial charge is 0.261 e. The molecule has 0 radical (unpaired) electrons. The summed E-state index contributed by atoms with van der Waals surface area (Å²) in [5, 5.41) is 0.